The Bertz CT molecular complexity index is 1210. The van der Waals surface area contributed by atoms with E-state index in [0.29, 0.717) is 6.54 Å². The number of benzene rings is 1. The Hall–Kier alpha value is -3.40. The van der Waals surface area contributed by atoms with Crippen LogP contribution < -0.4 is 10.9 Å². The first-order valence-electron chi connectivity index (χ1n) is 8.61. The summed E-state index contributed by atoms with van der Waals surface area (Å²) in [4.78, 5) is 29.9. The Balaban J connectivity index is 1.56. The minimum Gasteiger partial charge on any atom is -0.351 e. The van der Waals surface area contributed by atoms with Crippen LogP contribution in [0, 0.1) is 11.6 Å². The van der Waals surface area contributed by atoms with Crippen molar-refractivity contribution in [1.29, 1.82) is 0 Å². The Kier molecular flexibility index (Phi) is 5.17. The third-order valence-corrected chi connectivity index (χ3v) is 5.10. The van der Waals surface area contributed by atoms with Gasteiger partial charge in [0.2, 0.25) is 5.91 Å². The summed E-state index contributed by atoms with van der Waals surface area (Å²) >= 11 is 1.54. The number of nitrogens with zero attached hydrogens (tertiary/aromatic N) is 3. The molecule has 0 fully saturated rings. The number of amides is 1. The van der Waals surface area contributed by atoms with Gasteiger partial charge in [-0.15, -0.1) is 11.3 Å². The van der Waals surface area contributed by atoms with Gasteiger partial charge in [0, 0.05) is 29.5 Å². The predicted octanol–water partition coefficient (Wildman–Crippen LogP) is 3.10. The molecule has 10 heteroatoms. The van der Waals surface area contributed by atoms with Crippen molar-refractivity contribution in [2.75, 3.05) is 0 Å². The van der Waals surface area contributed by atoms with Crippen LogP contribution in [-0.2, 0) is 17.9 Å². The van der Waals surface area contributed by atoms with E-state index in [4.69, 9.17) is 4.52 Å². The van der Waals surface area contributed by atoms with Gasteiger partial charge in [-0.25, -0.2) is 13.8 Å². The lowest BCUT2D eigenvalue weighted by atomic mass is 10.1. The van der Waals surface area contributed by atoms with Crippen LogP contribution >= 0.6 is 11.3 Å². The first-order valence-corrected chi connectivity index (χ1v) is 9.49. The molecular formula is C19H14F2N4O3S. The highest BCUT2D eigenvalue weighted by atomic mass is 32.1. The van der Waals surface area contributed by atoms with Gasteiger partial charge in [-0.3, -0.25) is 14.2 Å². The van der Waals surface area contributed by atoms with E-state index in [2.05, 4.69) is 15.5 Å². The molecule has 0 aliphatic carbocycles. The maximum Gasteiger partial charge on any atom is 0.266 e. The molecule has 0 unspecified atom stereocenters. The van der Waals surface area contributed by atoms with Crippen LogP contribution in [0.3, 0.4) is 0 Å². The Labute approximate surface area is 166 Å². The SMILES string of the molecule is O=C(CCn1cnc2onc(-c3cc(F)cc(F)c3)c2c1=O)NCc1cccs1. The standard InChI is InChI=1S/C19H14F2N4O3S/c20-12-6-11(7-13(21)8-12)17-16-18(28-24-17)23-10-25(19(16)27)4-3-15(26)22-9-14-2-1-5-29-14/h1-2,5-8,10H,3-4,9H2,(H,22,26). The fraction of sp³-hybridized carbons (Fsp3) is 0.158. The van der Waals surface area contributed by atoms with E-state index in [0.717, 1.165) is 23.1 Å². The van der Waals surface area contributed by atoms with E-state index < -0.39 is 17.2 Å². The Morgan fingerprint density at radius 1 is 1.24 bits per heavy atom. The monoisotopic (exact) mass is 416 g/mol. The molecule has 4 rings (SSSR count). The van der Waals surface area contributed by atoms with Crippen LogP contribution in [0.5, 0.6) is 0 Å². The number of thiophene rings is 1. The number of nitrogens with one attached hydrogen (secondary N) is 1. The van der Waals surface area contributed by atoms with Crippen molar-refractivity contribution in [1.82, 2.24) is 20.0 Å². The number of hydrogen-bond donors (Lipinski definition) is 1. The van der Waals surface area contributed by atoms with Gasteiger partial charge in [0.1, 0.15) is 29.0 Å². The van der Waals surface area contributed by atoms with Crippen LogP contribution in [0.1, 0.15) is 11.3 Å². The summed E-state index contributed by atoms with van der Waals surface area (Å²) < 4.78 is 33.4. The number of rotatable bonds is 6. The topological polar surface area (TPSA) is 90.0 Å². The number of fused-ring (bicyclic) bond motifs is 1. The zero-order valence-corrected chi connectivity index (χ0v) is 15.7. The maximum absolute atomic E-state index is 13.5. The Morgan fingerprint density at radius 2 is 2.03 bits per heavy atom. The van der Waals surface area contributed by atoms with Crippen LogP contribution in [-0.4, -0.2) is 20.6 Å². The van der Waals surface area contributed by atoms with Crippen LogP contribution in [0.4, 0.5) is 8.78 Å². The molecule has 0 saturated heterocycles. The fourth-order valence-electron chi connectivity index (χ4n) is 2.84. The van der Waals surface area contributed by atoms with E-state index in [1.165, 1.54) is 22.2 Å². The zero-order valence-electron chi connectivity index (χ0n) is 14.9. The van der Waals surface area contributed by atoms with Crippen molar-refractivity contribution in [3.63, 3.8) is 0 Å². The highest BCUT2D eigenvalue weighted by Gasteiger charge is 2.18. The minimum absolute atomic E-state index is 0.00325. The summed E-state index contributed by atoms with van der Waals surface area (Å²) in [6.07, 6.45) is 1.31. The fourth-order valence-corrected chi connectivity index (χ4v) is 3.48. The zero-order chi connectivity index (χ0) is 20.4. The van der Waals surface area contributed by atoms with Crippen LogP contribution in [0.2, 0.25) is 0 Å². The van der Waals surface area contributed by atoms with E-state index in [1.54, 1.807) is 0 Å². The molecule has 1 amide bonds. The summed E-state index contributed by atoms with van der Waals surface area (Å²) in [6.45, 7) is 0.504. The van der Waals surface area contributed by atoms with Gasteiger partial charge in [0.05, 0.1) is 6.54 Å². The lowest BCUT2D eigenvalue weighted by Crippen LogP contribution is -2.27. The van der Waals surface area contributed by atoms with E-state index in [1.807, 2.05) is 17.5 Å². The van der Waals surface area contributed by atoms with Gasteiger partial charge in [-0.1, -0.05) is 11.2 Å². The second-order valence-electron chi connectivity index (χ2n) is 6.22. The average Bonchev–Trinajstić information content (AvgIpc) is 3.35. The van der Waals surface area contributed by atoms with E-state index in [9.17, 15) is 18.4 Å². The minimum atomic E-state index is -0.803. The molecule has 29 heavy (non-hydrogen) atoms. The second kappa shape index (κ2) is 7.92. The molecule has 0 aliphatic rings. The molecule has 1 aromatic carbocycles. The van der Waals surface area contributed by atoms with E-state index in [-0.39, 0.29) is 41.2 Å². The van der Waals surface area contributed by atoms with Gasteiger partial charge >= 0.3 is 0 Å². The first kappa shape index (κ1) is 18.9. The molecule has 0 bridgehead atoms. The van der Waals surface area contributed by atoms with Crippen molar-refractivity contribution in [2.45, 2.75) is 19.5 Å². The van der Waals surface area contributed by atoms with Crippen molar-refractivity contribution in [3.8, 4) is 11.3 Å². The second-order valence-corrected chi connectivity index (χ2v) is 7.25. The highest BCUT2D eigenvalue weighted by molar-refractivity contribution is 7.09. The van der Waals surface area contributed by atoms with Crippen molar-refractivity contribution < 1.29 is 18.1 Å². The number of aryl methyl sites for hydroxylation is 1. The third-order valence-electron chi connectivity index (χ3n) is 4.22. The molecule has 0 atom stereocenters. The number of halogens is 2. The van der Waals surface area contributed by atoms with Crippen LogP contribution in [0.15, 0.2) is 51.4 Å². The van der Waals surface area contributed by atoms with E-state index >= 15 is 0 Å². The molecular weight excluding hydrogens is 402 g/mol. The summed E-state index contributed by atoms with van der Waals surface area (Å²) in [5.74, 6) is -1.83. The summed E-state index contributed by atoms with van der Waals surface area (Å²) in [5.41, 5.74) is -0.506. The lowest BCUT2D eigenvalue weighted by molar-refractivity contribution is -0.121. The molecule has 0 saturated carbocycles. The van der Waals surface area contributed by atoms with Gasteiger partial charge in [0.15, 0.2) is 0 Å². The highest BCUT2D eigenvalue weighted by Crippen LogP contribution is 2.25. The normalized spacial score (nSPS) is 11.1. The third kappa shape index (κ3) is 4.06. The number of carbonyl (C=O) groups excluding carboxylic acids is 1. The number of aromatic nitrogens is 3. The van der Waals surface area contributed by atoms with Gasteiger partial charge in [-0.2, -0.15) is 0 Å². The molecule has 0 aliphatic heterocycles. The molecule has 148 valence electrons. The molecule has 4 aromatic rings. The molecule has 7 nitrogen and oxygen atoms in total. The lowest BCUT2D eigenvalue weighted by Gasteiger charge is -2.06. The van der Waals surface area contributed by atoms with Gasteiger partial charge < -0.3 is 9.84 Å². The van der Waals surface area contributed by atoms with Crippen molar-refractivity contribution >= 4 is 28.3 Å². The molecule has 3 aromatic heterocycles. The van der Waals surface area contributed by atoms with Crippen molar-refractivity contribution in [2.24, 2.45) is 0 Å². The molecule has 0 radical (unpaired) electrons. The number of hydrogen-bond acceptors (Lipinski definition) is 6. The maximum atomic E-state index is 13.5. The predicted molar refractivity (Wildman–Crippen MR) is 102 cm³/mol. The smallest absolute Gasteiger partial charge is 0.266 e. The molecule has 1 N–H and O–H groups in total. The number of carbonyl (C=O) groups is 1. The first-order chi connectivity index (χ1) is 14.0. The quantitative estimate of drug-likeness (QED) is 0.522. The van der Waals surface area contributed by atoms with Gasteiger partial charge in [-0.05, 0) is 23.6 Å². The largest absolute Gasteiger partial charge is 0.351 e. The summed E-state index contributed by atoms with van der Waals surface area (Å²) in [6, 6.07) is 6.63. The van der Waals surface area contributed by atoms with Gasteiger partial charge in [0.25, 0.3) is 11.3 Å². The Morgan fingerprint density at radius 3 is 2.76 bits per heavy atom. The molecule has 0 spiro atoms. The summed E-state index contributed by atoms with van der Waals surface area (Å²) in [5, 5.41) is 8.44. The van der Waals surface area contributed by atoms with Crippen LogP contribution in [0.25, 0.3) is 22.4 Å². The average molecular weight is 416 g/mol. The summed E-state index contributed by atoms with van der Waals surface area (Å²) in [7, 11) is 0. The molecule has 3 heterocycles. The van der Waals surface area contributed by atoms with Crippen molar-refractivity contribution in [3.05, 3.63) is 68.9 Å².